The average molecular weight is 385 g/mol. The minimum Gasteiger partial charge on any atom is -0.387 e. The summed E-state index contributed by atoms with van der Waals surface area (Å²) in [5, 5.41) is 17.5. The van der Waals surface area contributed by atoms with Gasteiger partial charge < -0.3 is 25.8 Å². The summed E-state index contributed by atoms with van der Waals surface area (Å²) < 4.78 is 4.87. The van der Waals surface area contributed by atoms with E-state index in [2.05, 4.69) is 16.0 Å². The summed E-state index contributed by atoms with van der Waals surface area (Å²) in [6, 6.07) is 15.1. The van der Waals surface area contributed by atoms with Crippen molar-refractivity contribution in [3.63, 3.8) is 0 Å². The van der Waals surface area contributed by atoms with Gasteiger partial charge in [0.2, 0.25) is 0 Å². The Labute approximate surface area is 162 Å². The highest BCUT2D eigenvalue weighted by Crippen LogP contribution is 2.15. The van der Waals surface area contributed by atoms with E-state index < -0.39 is 23.8 Å². The van der Waals surface area contributed by atoms with Gasteiger partial charge in [0.25, 0.3) is 5.91 Å². The van der Waals surface area contributed by atoms with Crippen LogP contribution in [0.4, 0.5) is 5.69 Å². The molecule has 2 aromatic carbocycles. The normalized spacial score (nSPS) is 11.4. The number of rotatable bonds is 8. The summed E-state index contributed by atoms with van der Waals surface area (Å²) in [6.07, 6.45) is -0.934. The van der Waals surface area contributed by atoms with Gasteiger partial charge in [-0.05, 0) is 17.7 Å². The lowest BCUT2D eigenvalue weighted by Crippen LogP contribution is -2.38. The summed E-state index contributed by atoms with van der Waals surface area (Å²) in [4.78, 5) is 36.4. The Bertz CT molecular complexity index is 810. The first kappa shape index (κ1) is 21.1. The van der Waals surface area contributed by atoms with Gasteiger partial charge >= 0.3 is 11.8 Å². The van der Waals surface area contributed by atoms with Gasteiger partial charge in [0.05, 0.1) is 24.0 Å². The number of nitrogens with one attached hydrogen (secondary N) is 3. The van der Waals surface area contributed by atoms with Gasteiger partial charge in [-0.1, -0.05) is 42.5 Å². The van der Waals surface area contributed by atoms with Crippen molar-refractivity contribution >= 4 is 23.4 Å². The highest BCUT2D eigenvalue weighted by molar-refractivity contribution is 6.40. The predicted octanol–water partition coefficient (Wildman–Crippen LogP) is 0.851. The van der Waals surface area contributed by atoms with Crippen LogP contribution in [0.5, 0.6) is 0 Å². The lowest BCUT2D eigenvalue weighted by molar-refractivity contribution is -0.136. The second kappa shape index (κ2) is 10.8. The fourth-order valence-corrected chi connectivity index (χ4v) is 2.39. The maximum atomic E-state index is 12.2. The van der Waals surface area contributed by atoms with E-state index in [0.717, 1.165) is 0 Å². The van der Waals surface area contributed by atoms with Gasteiger partial charge in [-0.25, -0.2) is 0 Å². The van der Waals surface area contributed by atoms with E-state index in [0.29, 0.717) is 18.7 Å². The Kier molecular flexibility index (Phi) is 8.13. The van der Waals surface area contributed by atoms with Crippen molar-refractivity contribution in [2.24, 2.45) is 0 Å². The van der Waals surface area contributed by atoms with Gasteiger partial charge in [0.1, 0.15) is 0 Å². The zero-order valence-electron chi connectivity index (χ0n) is 15.5. The molecule has 4 N–H and O–H groups in total. The van der Waals surface area contributed by atoms with Gasteiger partial charge in [-0.3, -0.25) is 14.4 Å². The Hall–Kier alpha value is -3.23. The molecule has 2 aromatic rings. The largest absolute Gasteiger partial charge is 0.387 e. The molecule has 0 aliphatic carbocycles. The molecule has 0 aliphatic rings. The molecular weight excluding hydrogens is 362 g/mol. The van der Waals surface area contributed by atoms with Gasteiger partial charge in [0, 0.05) is 20.2 Å². The molecule has 8 heteroatoms. The van der Waals surface area contributed by atoms with Crippen LogP contribution < -0.4 is 16.0 Å². The maximum Gasteiger partial charge on any atom is 0.313 e. The fraction of sp³-hybridized carbons (Fsp3) is 0.250. The van der Waals surface area contributed by atoms with E-state index in [9.17, 15) is 19.5 Å². The predicted molar refractivity (Wildman–Crippen MR) is 104 cm³/mol. The molecule has 0 saturated carbocycles. The molecule has 3 amide bonds. The van der Waals surface area contributed by atoms with E-state index in [-0.39, 0.29) is 17.8 Å². The number of carbonyl (C=O) groups excluding carboxylic acids is 3. The first-order valence-corrected chi connectivity index (χ1v) is 8.71. The van der Waals surface area contributed by atoms with Crippen LogP contribution in [0.3, 0.4) is 0 Å². The summed E-state index contributed by atoms with van der Waals surface area (Å²) in [6.45, 7) is 0.553. The lowest BCUT2D eigenvalue weighted by Gasteiger charge is -2.13. The molecule has 0 bridgehead atoms. The van der Waals surface area contributed by atoms with Crippen LogP contribution in [-0.4, -0.2) is 49.6 Å². The van der Waals surface area contributed by atoms with E-state index in [1.54, 1.807) is 36.4 Å². The van der Waals surface area contributed by atoms with Gasteiger partial charge in [-0.15, -0.1) is 0 Å². The molecule has 0 saturated heterocycles. The van der Waals surface area contributed by atoms with E-state index in [4.69, 9.17) is 4.74 Å². The van der Waals surface area contributed by atoms with Crippen LogP contribution in [0.15, 0.2) is 54.6 Å². The topological polar surface area (TPSA) is 117 Å². The zero-order valence-corrected chi connectivity index (χ0v) is 15.5. The Morgan fingerprint density at radius 1 is 0.964 bits per heavy atom. The Morgan fingerprint density at radius 2 is 1.64 bits per heavy atom. The molecule has 148 valence electrons. The van der Waals surface area contributed by atoms with Crippen molar-refractivity contribution in [3.8, 4) is 0 Å². The van der Waals surface area contributed by atoms with E-state index >= 15 is 0 Å². The van der Waals surface area contributed by atoms with Crippen LogP contribution in [0.2, 0.25) is 0 Å². The highest BCUT2D eigenvalue weighted by Gasteiger charge is 2.18. The van der Waals surface area contributed by atoms with Gasteiger partial charge in [0.15, 0.2) is 0 Å². The summed E-state index contributed by atoms with van der Waals surface area (Å²) in [5.74, 6) is -2.24. The molecule has 0 fully saturated rings. The van der Waals surface area contributed by atoms with Crippen molar-refractivity contribution in [3.05, 3.63) is 65.7 Å². The van der Waals surface area contributed by atoms with Crippen molar-refractivity contribution in [1.82, 2.24) is 10.6 Å². The van der Waals surface area contributed by atoms with Crippen LogP contribution in [-0.2, 0) is 14.3 Å². The summed E-state index contributed by atoms with van der Waals surface area (Å²) in [7, 11) is 1.52. The SMILES string of the molecule is COCCNC(=O)c1ccccc1NC(=O)C(=O)NC[C@H](O)c1ccccc1. The van der Waals surface area contributed by atoms with Crippen LogP contribution in [0, 0.1) is 0 Å². The Morgan fingerprint density at radius 3 is 2.36 bits per heavy atom. The molecule has 0 unspecified atom stereocenters. The minimum atomic E-state index is -0.934. The second-order valence-electron chi connectivity index (χ2n) is 5.88. The molecule has 28 heavy (non-hydrogen) atoms. The molecule has 8 nitrogen and oxygen atoms in total. The number of amides is 3. The van der Waals surface area contributed by atoms with E-state index in [1.165, 1.54) is 19.2 Å². The third-order valence-corrected chi connectivity index (χ3v) is 3.86. The summed E-state index contributed by atoms with van der Waals surface area (Å²) in [5.41, 5.74) is 1.06. The fourth-order valence-electron chi connectivity index (χ4n) is 2.39. The number of hydrogen-bond acceptors (Lipinski definition) is 5. The number of aliphatic hydroxyl groups is 1. The van der Waals surface area contributed by atoms with Crippen molar-refractivity contribution in [2.75, 3.05) is 32.1 Å². The van der Waals surface area contributed by atoms with Crippen molar-refractivity contribution in [1.29, 1.82) is 0 Å². The zero-order chi connectivity index (χ0) is 20.4. The number of hydrogen-bond donors (Lipinski definition) is 4. The molecule has 0 aromatic heterocycles. The molecular formula is C20H23N3O5. The Balaban J connectivity index is 1.93. The standard InChI is InChI=1S/C20H23N3O5/c1-28-12-11-21-18(25)15-9-5-6-10-16(15)23-20(27)19(26)22-13-17(24)14-7-3-2-4-8-14/h2-10,17,24H,11-13H2,1H3,(H,21,25)(H,22,26)(H,23,27)/t17-/m0/s1. The first-order valence-electron chi connectivity index (χ1n) is 8.71. The van der Waals surface area contributed by atoms with Crippen LogP contribution >= 0.6 is 0 Å². The third kappa shape index (κ3) is 6.19. The average Bonchev–Trinajstić information content (AvgIpc) is 2.72. The molecule has 0 heterocycles. The maximum absolute atomic E-state index is 12.2. The third-order valence-electron chi connectivity index (χ3n) is 3.86. The smallest absolute Gasteiger partial charge is 0.313 e. The first-order chi connectivity index (χ1) is 13.5. The lowest BCUT2D eigenvalue weighted by atomic mass is 10.1. The number of carbonyl (C=O) groups is 3. The van der Waals surface area contributed by atoms with Crippen molar-refractivity contribution in [2.45, 2.75) is 6.10 Å². The molecule has 0 radical (unpaired) electrons. The molecule has 1 atom stereocenters. The number of benzene rings is 2. The minimum absolute atomic E-state index is 0.116. The summed E-state index contributed by atoms with van der Waals surface area (Å²) >= 11 is 0. The number of methoxy groups -OCH3 is 1. The quantitative estimate of drug-likeness (QED) is 0.397. The molecule has 0 aliphatic heterocycles. The molecule has 0 spiro atoms. The number of anilines is 1. The monoisotopic (exact) mass is 385 g/mol. The number of ether oxygens (including phenoxy) is 1. The van der Waals surface area contributed by atoms with Crippen molar-refractivity contribution < 1.29 is 24.2 Å². The van der Waals surface area contributed by atoms with Crippen LogP contribution in [0.25, 0.3) is 0 Å². The molecule has 2 rings (SSSR count). The number of para-hydroxylation sites is 1. The highest BCUT2D eigenvalue weighted by atomic mass is 16.5. The van der Waals surface area contributed by atoms with Crippen LogP contribution in [0.1, 0.15) is 22.0 Å². The number of aliphatic hydroxyl groups excluding tert-OH is 1. The van der Waals surface area contributed by atoms with Gasteiger partial charge in [-0.2, -0.15) is 0 Å². The second-order valence-corrected chi connectivity index (χ2v) is 5.88. The van der Waals surface area contributed by atoms with E-state index in [1.807, 2.05) is 6.07 Å².